The third-order valence-electron chi connectivity index (χ3n) is 3.55. The van der Waals surface area contributed by atoms with Crippen molar-refractivity contribution < 1.29 is 14.7 Å². The zero-order valence-electron chi connectivity index (χ0n) is 10.2. The van der Waals surface area contributed by atoms with E-state index in [2.05, 4.69) is 5.32 Å². The van der Waals surface area contributed by atoms with E-state index in [0.29, 0.717) is 12.8 Å². The van der Waals surface area contributed by atoms with Crippen LogP contribution in [0.15, 0.2) is 53.4 Å². The number of carbonyl (C=O) groups is 2. The van der Waals surface area contributed by atoms with Gasteiger partial charge < -0.3 is 10.4 Å². The number of nitrogens with one attached hydrogen (secondary N) is 1. The minimum Gasteiger partial charge on any atom is -0.477 e. The topological polar surface area (TPSA) is 66.4 Å². The summed E-state index contributed by atoms with van der Waals surface area (Å²) in [5.41, 5.74) is 2.59. The highest BCUT2D eigenvalue weighted by Gasteiger charge is 2.34. The Bertz CT molecular complexity index is 614. The van der Waals surface area contributed by atoms with E-state index in [4.69, 9.17) is 5.11 Å². The molecule has 0 unspecified atom stereocenters. The Hall–Kier alpha value is -2.36. The van der Waals surface area contributed by atoms with Gasteiger partial charge in [0.1, 0.15) is 5.70 Å². The molecule has 0 spiro atoms. The van der Waals surface area contributed by atoms with Gasteiger partial charge in [-0.05, 0) is 18.1 Å². The average molecular weight is 255 g/mol. The van der Waals surface area contributed by atoms with Crippen molar-refractivity contribution in [1.29, 1.82) is 0 Å². The molecule has 1 aromatic rings. The normalized spacial score (nSPS) is 21.8. The minimum atomic E-state index is -0.994. The predicted molar refractivity (Wildman–Crippen MR) is 69.3 cm³/mol. The number of rotatable bonds is 2. The standard InChI is InChI=1S/C15H13NO3/c17-13-7-6-11-14(13)10(8-12(16-11)15(18)19)9-4-2-1-3-5-9/h1-5,8,10,16H,6-7H2,(H,18,19)/t10-/m0/s1. The molecule has 1 aliphatic heterocycles. The summed E-state index contributed by atoms with van der Waals surface area (Å²) in [5.74, 6) is -1.14. The quantitative estimate of drug-likeness (QED) is 0.847. The fraction of sp³-hybridized carbons (Fsp3) is 0.200. The Morgan fingerprint density at radius 3 is 2.63 bits per heavy atom. The number of hydrogen-bond acceptors (Lipinski definition) is 3. The van der Waals surface area contributed by atoms with Crippen LogP contribution in [0.4, 0.5) is 0 Å². The van der Waals surface area contributed by atoms with Crippen LogP contribution in [0.3, 0.4) is 0 Å². The third kappa shape index (κ3) is 1.95. The number of hydrogen-bond donors (Lipinski definition) is 2. The van der Waals surface area contributed by atoms with Gasteiger partial charge in [0, 0.05) is 23.6 Å². The molecule has 4 nitrogen and oxygen atoms in total. The molecule has 19 heavy (non-hydrogen) atoms. The highest BCUT2D eigenvalue weighted by molar-refractivity contribution is 6.02. The van der Waals surface area contributed by atoms with Gasteiger partial charge in [-0.1, -0.05) is 30.3 Å². The second kappa shape index (κ2) is 4.39. The zero-order chi connectivity index (χ0) is 13.4. The highest BCUT2D eigenvalue weighted by atomic mass is 16.4. The molecule has 1 atom stereocenters. The van der Waals surface area contributed by atoms with Crippen molar-refractivity contribution in [2.45, 2.75) is 18.8 Å². The van der Waals surface area contributed by atoms with Crippen LogP contribution >= 0.6 is 0 Å². The van der Waals surface area contributed by atoms with E-state index in [1.807, 2.05) is 30.3 Å². The summed E-state index contributed by atoms with van der Waals surface area (Å²) >= 11 is 0. The molecule has 0 saturated heterocycles. The van der Waals surface area contributed by atoms with E-state index in [-0.39, 0.29) is 17.4 Å². The fourth-order valence-corrected chi connectivity index (χ4v) is 2.67. The average Bonchev–Trinajstić information content (AvgIpc) is 2.80. The van der Waals surface area contributed by atoms with Gasteiger partial charge in [0.2, 0.25) is 0 Å². The molecule has 1 aromatic carbocycles. The van der Waals surface area contributed by atoms with Gasteiger partial charge in [0.15, 0.2) is 5.78 Å². The molecule has 96 valence electrons. The van der Waals surface area contributed by atoms with E-state index in [0.717, 1.165) is 16.8 Å². The first kappa shape index (κ1) is 11.7. The van der Waals surface area contributed by atoms with Crippen LogP contribution in [0.25, 0.3) is 0 Å². The molecule has 0 fully saturated rings. The molecule has 3 rings (SSSR count). The summed E-state index contributed by atoms with van der Waals surface area (Å²) in [7, 11) is 0. The SMILES string of the molecule is O=C(O)C1=C[C@@H](c2ccccc2)C2=C(CCC2=O)N1. The van der Waals surface area contributed by atoms with Gasteiger partial charge in [0.05, 0.1) is 0 Å². The number of Topliss-reactive ketones (excluding diaryl/α,β-unsaturated/α-hetero) is 1. The van der Waals surface area contributed by atoms with Crippen molar-refractivity contribution in [1.82, 2.24) is 5.32 Å². The van der Waals surface area contributed by atoms with E-state index in [9.17, 15) is 9.59 Å². The first-order valence-corrected chi connectivity index (χ1v) is 6.20. The van der Waals surface area contributed by atoms with Gasteiger partial charge in [-0.15, -0.1) is 0 Å². The first-order chi connectivity index (χ1) is 9.16. The van der Waals surface area contributed by atoms with Crippen LogP contribution < -0.4 is 5.32 Å². The van der Waals surface area contributed by atoms with Crippen molar-refractivity contribution in [3.8, 4) is 0 Å². The van der Waals surface area contributed by atoms with E-state index < -0.39 is 5.97 Å². The van der Waals surface area contributed by atoms with Crippen molar-refractivity contribution in [2.75, 3.05) is 0 Å². The summed E-state index contributed by atoms with van der Waals surface area (Å²) in [4.78, 5) is 23.2. The highest BCUT2D eigenvalue weighted by Crippen LogP contribution is 2.38. The van der Waals surface area contributed by atoms with Crippen molar-refractivity contribution in [2.24, 2.45) is 0 Å². The number of carbonyl (C=O) groups excluding carboxylic acids is 1. The second-order valence-electron chi connectivity index (χ2n) is 4.71. The van der Waals surface area contributed by atoms with E-state index in [1.165, 1.54) is 0 Å². The summed E-state index contributed by atoms with van der Waals surface area (Å²) < 4.78 is 0. The number of allylic oxidation sites excluding steroid dienone is 3. The van der Waals surface area contributed by atoms with Crippen LogP contribution in [0.1, 0.15) is 24.3 Å². The molecule has 0 saturated carbocycles. The largest absolute Gasteiger partial charge is 0.477 e. The van der Waals surface area contributed by atoms with Crippen molar-refractivity contribution >= 4 is 11.8 Å². The van der Waals surface area contributed by atoms with Gasteiger partial charge in [0.25, 0.3) is 0 Å². The molecule has 2 aliphatic rings. The lowest BCUT2D eigenvalue weighted by atomic mass is 9.87. The molecule has 4 heteroatoms. The lowest BCUT2D eigenvalue weighted by Gasteiger charge is -2.23. The summed E-state index contributed by atoms with van der Waals surface area (Å²) in [5, 5.41) is 12.0. The lowest BCUT2D eigenvalue weighted by molar-refractivity contribution is -0.133. The van der Waals surface area contributed by atoms with Gasteiger partial charge in [-0.3, -0.25) is 4.79 Å². The Kier molecular flexibility index (Phi) is 2.71. The molecule has 1 heterocycles. The summed E-state index contributed by atoms with van der Waals surface area (Å²) in [6.45, 7) is 0. The van der Waals surface area contributed by atoms with Crippen LogP contribution in [-0.2, 0) is 9.59 Å². The number of benzene rings is 1. The number of aliphatic carboxylic acids is 1. The lowest BCUT2D eigenvalue weighted by Crippen LogP contribution is -2.26. The molecular formula is C15H13NO3. The second-order valence-corrected chi connectivity index (χ2v) is 4.71. The molecule has 2 N–H and O–H groups in total. The Morgan fingerprint density at radius 1 is 1.21 bits per heavy atom. The molecule has 1 aliphatic carbocycles. The molecule has 0 amide bonds. The fourth-order valence-electron chi connectivity index (χ4n) is 2.67. The first-order valence-electron chi connectivity index (χ1n) is 6.20. The Balaban J connectivity index is 2.09. The van der Waals surface area contributed by atoms with Gasteiger partial charge in [-0.25, -0.2) is 4.79 Å². The summed E-state index contributed by atoms with van der Waals surface area (Å²) in [6, 6.07) is 9.53. The molecule has 0 radical (unpaired) electrons. The Morgan fingerprint density at radius 2 is 1.95 bits per heavy atom. The molecule has 0 aromatic heterocycles. The van der Waals surface area contributed by atoms with Crippen molar-refractivity contribution in [3.63, 3.8) is 0 Å². The molecular weight excluding hydrogens is 242 g/mol. The number of carboxylic acid groups (broad SMARTS) is 1. The maximum atomic E-state index is 12.0. The maximum Gasteiger partial charge on any atom is 0.351 e. The van der Waals surface area contributed by atoms with Gasteiger partial charge >= 0.3 is 5.97 Å². The maximum absolute atomic E-state index is 12.0. The van der Waals surface area contributed by atoms with Crippen LogP contribution in [0, 0.1) is 0 Å². The van der Waals surface area contributed by atoms with E-state index >= 15 is 0 Å². The predicted octanol–water partition coefficient (Wildman–Crippen LogP) is 1.96. The van der Waals surface area contributed by atoms with Crippen LogP contribution in [0.5, 0.6) is 0 Å². The third-order valence-corrected chi connectivity index (χ3v) is 3.55. The van der Waals surface area contributed by atoms with Gasteiger partial charge in [-0.2, -0.15) is 0 Å². The monoisotopic (exact) mass is 255 g/mol. The van der Waals surface area contributed by atoms with Crippen molar-refractivity contribution in [3.05, 3.63) is 58.9 Å². The minimum absolute atomic E-state index is 0.108. The summed E-state index contributed by atoms with van der Waals surface area (Å²) in [6.07, 6.45) is 2.68. The number of ketones is 1. The molecule has 0 bridgehead atoms. The van der Waals surface area contributed by atoms with E-state index in [1.54, 1.807) is 6.08 Å². The smallest absolute Gasteiger partial charge is 0.351 e. The zero-order valence-corrected chi connectivity index (χ0v) is 10.2. The van der Waals surface area contributed by atoms with Crippen LogP contribution in [-0.4, -0.2) is 16.9 Å². The van der Waals surface area contributed by atoms with Crippen LogP contribution in [0.2, 0.25) is 0 Å². The number of dihydropyridines is 1. The Labute approximate surface area is 110 Å². The number of carboxylic acids is 1.